The number of nitrogens with two attached hydrogens (primary N) is 1. The number of aryl methyl sites for hydroxylation is 1. The number of hydrogen-bond acceptors (Lipinski definition) is 5. The topological polar surface area (TPSA) is 84.7 Å². The number of rotatable bonds is 2. The Hall–Kier alpha value is -1.82. The monoisotopic (exact) mass is 234 g/mol. The summed E-state index contributed by atoms with van der Waals surface area (Å²) in [5, 5.41) is 1.12. The number of nitrogens with zero attached hydrogens (tertiary/aromatic N) is 2. The van der Waals surface area contributed by atoms with Crippen LogP contribution in [0.4, 0.5) is 5.69 Å². The number of aromatic amines is 1. The fourth-order valence-electron chi connectivity index (χ4n) is 1.16. The van der Waals surface area contributed by atoms with Gasteiger partial charge in [0.2, 0.25) is 0 Å². The van der Waals surface area contributed by atoms with Crippen LogP contribution in [0.3, 0.4) is 0 Å². The fourth-order valence-corrected chi connectivity index (χ4v) is 1.89. The van der Waals surface area contributed by atoms with Crippen LogP contribution in [0.1, 0.15) is 5.56 Å². The number of hydrogen-bond donors (Lipinski definition) is 2. The van der Waals surface area contributed by atoms with Crippen LogP contribution < -0.4 is 11.3 Å². The molecule has 82 valence electrons. The lowest BCUT2D eigenvalue weighted by molar-refractivity contribution is 0.932. The molecule has 0 bridgehead atoms. The molecule has 0 aliphatic rings. The van der Waals surface area contributed by atoms with Gasteiger partial charge in [0.05, 0.1) is 5.69 Å². The fraction of sp³-hybridized carbons (Fsp3) is 0.100. The van der Waals surface area contributed by atoms with Crippen molar-refractivity contribution in [1.29, 1.82) is 0 Å². The SMILES string of the molecule is Cc1cnc(Sc2nccc(=O)[nH]2)c(N)c1. The zero-order chi connectivity index (χ0) is 11.5. The quantitative estimate of drug-likeness (QED) is 0.763. The molecule has 0 saturated carbocycles. The van der Waals surface area contributed by atoms with Gasteiger partial charge in [-0.3, -0.25) is 4.79 Å². The van der Waals surface area contributed by atoms with Gasteiger partial charge in [0.15, 0.2) is 5.16 Å². The Kier molecular flexibility index (Phi) is 2.91. The number of pyridine rings is 1. The molecule has 0 saturated heterocycles. The maximum Gasteiger partial charge on any atom is 0.251 e. The molecule has 2 rings (SSSR count). The number of nitrogens with one attached hydrogen (secondary N) is 1. The van der Waals surface area contributed by atoms with E-state index >= 15 is 0 Å². The van der Waals surface area contributed by atoms with E-state index in [2.05, 4.69) is 15.0 Å². The van der Waals surface area contributed by atoms with Gasteiger partial charge in [-0.2, -0.15) is 0 Å². The largest absolute Gasteiger partial charge is 0.397 e. The van der Waals surface area contributed by atoms with Crippen molar-refractivity contribution in [3.8, 4) is 0 Å². The van der Waals surface area contributed by atoms with E-state index in [-0.39, 0.29) is 5.56 Å². The summed E-state index contributed by atoms with van der Waals surface area (Å²) in [5.74, 6) is 0. The summed E-state index contributed by atoms with van der Waals surface area (Å²) >= 11 is 1.23. The summed E-state index contributed by atoms with van der Waals surface area (Å²) in [6.45, 7) is 1.92. The van der Waals surface area contributed by atoms with Crippen molar-refractivity contribution in [3.05, 3.63) is 40.4 Å². The van der Waals surface area contributed by atoms with Crippen LogP contribution in [0.2, 0.25) is 0 Å². The molecule has 6 heteroatoms. The van der Waals surface area contributed by atoms with Crippen LogP contribution in [-0.4, -0.2) is 15.0 Å². The molecule has 0 amide bonds. The summed E-state index contributed by atoms with van der Waals surface area (Å²) in [5.41, 5.74) is 7.19. The molecule has 0 aliphatic carbocycles. The standard InChI is InChI=1S/C10H10N4OS/c1-6-4-7(11)9(13-5-6)16-10-12-3-2-8(15)14-10/h2-5H,11H2,1H3,(H,12,14,15). The lowest BCUT2D eigenvalue weighted by Crippen LogP contribution is -2.05. The van der Waals surface area contributed by atoms with E-state index in [9.17, 15) is 4.79 Å². The third kappa shape index (κ3) is 2.40. The van der Waals surface area contributed by atoms with Crippen LogP contribution in [0, 0.1) is 6.92 Å². The van der Waals surface area contributed by atoms with Gasteiger partial charge in [-0.1, -0.05) is 0 Å². The smallest absolute Gasteiger partial charge is 0.251 e. The Morgan fingerprint density at radius 1 is 1.44 bits per heavy atom. The van der Waals surface area contributed by atoms with Gasteiger partial charge in [-0.25, -0.2) is 9.97 Å². The lowest BCUT2D eigenvalue weighted by Gasteiger charge is -2.03. The van der Waals surface area contributed by atoms with Gasteiger partial charge in [0.1, 0.15) is 5.03 Å². The predicted molar refractivity (Wildman–Crippen MR) is 62.4 cm³/mol. The molecular weight excluding hydrogens is 224 g/mol. The summed E-state index contributed by atoms with van der Waals surface area (Å²) in [7, 11) is 0. The van der Waals surface area contributed by atoms with Gasteiger partial charge in [0, 0.05) is 18.5 Å². The Bertz CT molecular complexity index is 567. The van der Waals surface area contributed by atoms with Gasteiger partial charge >= 0.3 is 0 Å². The minimum Gasteiger partial charge on any atom is -0.397 e. The van der Waals surface area contributed by atoms with E-state index in [1.54, 1.807) is 6.20 Å². The summed E-state index contributed by atoms with van der Waals surface area (Å²) < 4.78 is 0. The lowest BCUT2D eigenvalue weighted by atomic mass is 10.3. The molecule has 0 radical (unpaired) electrons. The van der Waals surface area contributed by atoms with Crippen molar-refractivity contribution >= 4 is 17.4 Å². The molecule has 3 N–H and O–H groups in total. The van der Waals surface area contributed by atoms with Crippen molar-refractivity contribution in [3.63, 3.8) is 0 Å². The molecule has 0 spiro atoms. The van der Waals surface area contributed by atoms with Crippen molar-refractivity contribution < 1.29 is 0 Å². The zero-order valence-electron chi connectivity index (χ0n) is 8.60. The minimum absolute atomic E-state index is 0.191. The Labute approximate surface area is 96.1 Å². The summed E-state index contributed by atoms with van der Waals surface area (Å²) in [6, 6.07) is 3.19. The first-order chi connectivity index (χ1) is 7.65. The molecule has 0 atom stereocenters. The van der Waals surface area contributed by atoms with Crippen LogP contribution in [0.15, 0.2) is 39.5 Å². The molecule has 16 heavy (non-hydrogen) atoms. The molecule has 2 aromatic heterocycles. The average molecular weight is 234 g/mol. The van der Waals surface area contributed by atoms with E-state index in [1.165, 1.54) is 24.0 Å². The highest BCUT2D eigenvalue weighted by Gasteiger charge is 2.05. The molecule has 0 unspecified atom stereocenters. The molecule has 2 aromatic rings. The normalized spacial score (nSPS) is 10.3. The molecule has 0 fully saturated rings. The van der Waals surface area contributed by atoms with Gasteiger partial charge < -0.3 is 10.7 Å². The van der Waals surface area contributed by atoms with Gasteiger partial charge in [0.25, 0.3) is 5.56 Å². The van der Waals surface area contributed by atoms with E-state index in [0.29, 0.717) is 15.9 Å². The van der Waals surface area contributed by atoms with Crippen molar-refractivity contribution in [2.24, 2.45) is 0 Å². The average Bonchev–Trinajstić information content (AvgIpc) is 2.22. The van der Waals surface area contributed by atoms with Crippen LogP contribution in [-0.2, 0) is 0 Å². The zero-order valence-corrected chi connectivity index (χ0v) is 9.41. The summed E-state index contributed by atoms with van der Waals surface area (Å²) in [6.07, 6.45) is 3.17. The van der Waals surface area contributed by atoms with Crippen molar-refractivity contribution in [2.75, 3.05) is 5.73 Å². The maximum atomic E-state index is 11.1. The van der Waals surface area contributed by atoms with Crippen molar-refractivity contribution in [1.82, 2.24) is 15.0 Å². The highest BCUT2D eigenvalue weighted by Crippen LogP contribution is 2.26. The number of H-pyrrole nitrogens is 1. The van der Waals surface area contributed by atoms with Gasteiger partial charge in [-0.15, -0.1) is 0 Å². The third-order valence-electron chi connectivity index (χ3n) is 1.86. The van der Waals surface area contributed by atoms with E-state index in [0.717, 1.165) is 5.56 Å². The first-order valence-corrected chi connectivity index (χ1v) is 5.42. The Balaban J connectivity index is 2.30. The molecule has 5 nitrogen and oxygen atoms in total. The highest BCUT2D eigenvalue weighted by molar-refractivity contribution is 7.99. The number of anilines is 1. The second-order valence-electron chi connectivity index (χ2n) is 3.25. The third-order valence-corrected chi connectivity index (χ3v) is 2.79. The first-order valence-electron chi connectivity index (χ1n) is 4.60. The van der Waals surface area contributed by atoms with Crippen LogP contribution in [0.5, 0.6) is 0 Å². The predicted octanol–water partition coefficient (Wildman–Crippen LogP) is 1.21. The number of nitrogen functional groups attached to an aromatic ring is 1. The van der Waals surface area contributed by atoms with Gasteiger partial charge in [-0.05, 0) is 30.3 Å². The first kappa shape index (κ1) is 10.7. The molecule has 2 heterocycles. The Morgan fingerprint density at radius 3 is 2.94 bits per heavy atom. The van der Waals surface area contributed by atoms with Crippen LogP contribution >= 0.6 is 11.8 Å². The van der Waals surface area contributed by atoms with Crippen molar-refractivity contribution in [2.45, 2.75) is 17.1 Å². The highest BCUT2D eigenvalue weighted by atomic mass is 32.2. The summed E-state index contributed by atoms with van der Waals surface area (Å²) in [4.78, 5) is 21.8. The minimum atomic E-state index is -0.191. The van der Waals surface area contributed by atoms with E-state index in [1.807, 2.05) is 13.0 Å². The maximum absolute atomic E-state index is 11.1. The Morgan fingerprint density at radius 2 is 2.25 bits per heavy atom. The number of aromatic nitrogens is 3. The second kappa shape index (κ2) is 4.36. The second-order valence-corrected chi connectivity index (χ2v) is 4.23. The molecule has 0 aliphatic heterocycles. The van der Waals surface area contributed by atoms with E-state index in [4.69, 9.17) is 5.73 Å². The van der Waals surface area contributed by atoms with Crippen LogP contribution in [0.25, 0.3) is 0 Å². The molecular formula is C10H10N4OS. The van der Waals surface area contributed by atoms with E-state index < -0.39 is 0 Å². The molecule has 0 aromatic carbocycles.